The number of benzene rings is 8. The molecule has 0 atom stereocenters. The lowest BCUT2D eigenvalue weighted by molar-refractivity contribution is 0.769. The predicted octanol–water partition coefficient (Wildman–Crippen LogP) is 12.1. The van der Waals surface area contributed by atoms with Gasteiger partial charge in [0.15, 0.2) is 0 Å². The molecule has 8 aromatic rings. The molecule has 0 heterocycles. The fourth-order valence-electron chi connectivity index (χ4n) is 9.93. The first-order valence-electron chi connectivity index (χ1n) is 17.9. The number of anilines is 2. The molecular weight excluding hydrogens is 615 g/mol. The van der Waals surface area contributed by atoms with Crippen LogP contribution in [0, 0.1) is 0 Å². The van der Waals surface area contributed by atoms with Gasteiger partial charge in [0.1, 0.15) is 0 Å². The molecule has 238 valence electrons. The Kier molecular flexibility index (Phi) is 5.86. The first kappa shape index (κ1) is 28.4. The fourth-order valence-corrected chi connectivity index (χ4v) is 9.93. The third-order valence-electron chi connectivity index (χ3n) is 11.8. The third kappa shape index (κ3) is 3.60. The van der Waals surface area contributed by atoms with Crippen molar-refractivity contribution in [1.29, 1.82) is 0 Å². The summed E-state index contributed by atoms with van der Waals surface area (Å²) in [6.07, 6.45) is 0. The SMILES string of the molecule is c1ccc(C2(c3ccccc3)c3ccccc3-c3ccc(Nc4cccc5c4-c4ccccc4C54c5ccccc5-c5ccccc54)cc32)cc1. The van der Waals surface area contributed by atoms with Gasteiger partial charge in [0.2, 0.25) is 0 Å². The van der Waals surface area contributed by atoms with E-state index in [4.69, 9.17) is 0 Å². The minimum atomic E-state index is -0.446. The normalized spacial score (nSPS) is 14.6. The largest absolute Gasteiger partial charge is 0.355 e. The van der Waals surface area contributed by atoms with E-state index in [2.05, 4.69) is 199 Å². The minimum Gasteiger partial charge on any atom is -0.355 e. The van der Waals surface area contributed by atoms with Gasteiger partial charge in [-0.25, -0.2) is 0 Å². The first-order chi connectivity index (χ1) is 25.3. The van der Waals surface area contributed by atoms with E-state index >= 15 is 0 Å². The molecule has 3 aliphatic rings. The summed E-state index contributed by atoms with van der Waals surface area (Å²) in [6.45, 7) is 0. The van der Waals surface area contributed by atoms with E-state index < -0.39 is 5.41 Å². The van der Waals surface area contributed by atoms with Gasteiger partial charge in [-0.2, -0.15) is 0 Å². The van der Waals surface area contributed by atoms with Gasteiger partial charge < -0.3 is 5.32 Å². The molecule has 1 nitrogen and oxygen atoms in total. The Morgan fingerprint density at radius 2 is 0.725 bits per heavy atom. The molecule has 1 heteroatoms. The molecule has 51 heavy (non-hydrogen) atoms. The highest BCUT2D eigenvalue weighted by Gasteiger charge is 2.52. The molecule has 0 aliphatic heterocycles. The van der Waals surface area contributed by atoms with Crippen molar-refractivity contribution < 1.29 is 0 Å². The summed E-state index contributed by atoms with van der Waals surface area (Å²) in [5, 5.41) is 4.00. The van der Waals surface area contributed by atoms with E-state index in [0.717, 1.165) is 11.4 Å². The zero-order valence-electron chi connectivity index (χ0n) is 28.0. The zero-order valence-corrected chi connectivity index (χ0v) is 28.0. The van der Waals surface area contributed by atoms with Gasteiger partial charge in [-0.3, -0.25) is 0 Å². The van der Waals surface area contributed by atoms with Gasteiger partial charge in [0.05, 0.1) is 10.8 Å². The van der Waals surface area contributed by atoms with E-state index in [1.54, 1.807) is 0 Å². The van der Waals surface area contributed by atoms with E-state index in [9.17, 15) is 0 Å². The van der Waals surface area contributed by atoms with Crippen LogP contribution in [0.1, 0.15) is 44.5 Å². The van der Waals surface area contributed by atoms with Crippen LogP contribution in [0.25, 0.3) is 33.4 Å². The predicted molar refractivity (Wildman–Crippen MR) is 210 cm³/mol. The Morgan fingerprint density at radius 1 is 0.294 bits per heavy atom. The molecule has 0 saturated heterocycles. The quantitative estimate of drug-likeness (QED) is 0.200. The van der Waals surface area contributed by atoms with Gasteiger partial charge in [0.25, 0.3) is 0 Å². The highest BCUT2D eigenvalue weighted by Crippen LogP contribution is 2.64. The summed E-state index contributed by atoms with van der Waals surface area (Å²) >= 11 is 0. The number of hydrogen-bond acceptors (Lipinski definition) is 1. The highest BCUT2D eigenvalue weighted by molar-refractivity contribution is 5.99. The number of fused-ring (bicyclic) bond motifs is 13. The summed E-state index contributed by atoms with van der Waals surface area (Å²) in [5.41, 5.74) is 19.8. The van der Waals surface area contributed by atoms with Crippen molar-refractivity contribution in [2.45, 2.75) is 10.8 Å². The van der Waals surface area contributed by atoms with Crippen LogP contribution in [0.5, 0.6) is 0 Å². The lowest BCUT2D eigenvalue weighted by Gasteiger charge is -2.34. The first-order valence-corrected chi connectivity index (χ1v) is 17.9. The maximum atomic E-state index is 4.00. The molecule has 11 rings (SSSR count). The molecular formula is C50H33N. The van der Waals surface area contributed by atoms with Crippen LogP contribution in [0.2, 0.25) is 0 Å². The molecule has 0 saturated carbocycles. The van der Waals surface area contributed by atoms with E-state index in [-0.39, 0.29) is 5.41 Å². The van der Waals surface area contributed by atoms with Crippen molar-refractivity contribution in [2.75, 3.05) is 5.32 Å². The monoisotopic (exact) mass is 647 g/mol. The Balaban J connectivity index is 1.13. The molecule has 8 aromatic carbocycles. The standard InChI is InChI=1S/C50H33N/c1-3-16-33(17-4-1)49(34-18-5-2-6-19-34)41-24-11-7-22-38(41)39-31-30-35(32-46(39)49)51-47-29-15-28-45-48(47)40-23-10-14-27-44(40)50(45)42-25-12-8-20-36(42)37-21-9-13-26-43(37)50/h1-32,51H. The molecule has 0 bridgehead atoms. The summed E-state index contributed by atoms with van der Waals surface area (Å²) in [5.74, 6) is 0. The lowest BCUT2D eigenvalue weighted by Crippen LogP contribution is -2.28. The molecule has 3 aliphatic carbocycles. The van der Waals surface area contributed by atoms with Gasteiger partial charge >= 0.3 is 0 Å². The Labute approximate surface area is 298 Å². The maximum absolute atomic E-state index is 4.00. The second kappa shape index (κ2) is 10.5. The molecule has 0 amide bonds. The van der Waals surface area contributed by atoms with Crippen LogP contribution in [-0.4, -0.2) is 0 Å². The fraction of sp³-hybridized carbons (Fsp3) is 0.0400. The zero-order chi connectivity index (χ0) is 33.6. The van der Waals surface area contributed by atoms with Crippen LogP contribution < -0.4 is 5.32 Å². The van der Waals surface area contributed by atoms with Crippen LogP contribution >= 0.6 is 0 Å². The van der Waals surface area contributed by atoms with Crippen molar-refractivity contribution in [3.8, 4) is 33.4 Å². The second-order valence-electron chi connectivity index (χ2n) is 14.0. The summed E-state index contributed by atoms with van der Waals surface area (Å²) in [7, 11) is 0. The van der Waals surface area contributed by atoms with Crippen LogP contribution in [0.15, 0.2) is 194 Å². The molecule has 0 unspecified atom stereocenters. The minimum absolute atomic E-state index is 0.369. The summed E-state index contributed by atoms with van der Waals surface area (Å²) < 4.78 is 0. The smallest absolute Gasteiger partial charge is 0.0726 e. The van der Waals surface area contributed by atoms with Gasteiger partial charge in [-0.05, 0) is 90.5 Å². The lowest BCUT2D eigenvalue weighted by atomic mass is 9.67. The Bertz CT molecular complexity index is 2580. The molecule has 0 aromatic heterocycles. The molecule has 1 N–H and O–H groups in total. The van der Waals surface area contributed by atoms with Crippen molar-refractivity contribution in [2.24, 2.45) is 0 Å². The van der Waals surface area contributed by atoms with E-state index in [0.29, 0.717) is 0 Å². The maximum Gasteiger partial charge on any atom is 0.0726 e. The molecule has 0 radical (unpaired) electrons. The highest BCUT2D eigenvalue weighted by atomic mass is 14.9. The summed E-state index contributed by atoms with van der Waals surface area (Å²) in [4.78, 5) is 0. The third-order valence-corrected chi connectivity index (χ3v) is 11.8. The number of nitrogens with one attached hydrogen (secondary N) is 1. The van der Waals surface area contributed by atoms with Crippen LogP contribution in [0.4, 0.5) is 11.4 Å². The molecule has 0 fully saturated rings. The van der Waals surface area contributed by atoms with E-state index in [1.807, 2.05) is 0 Å². The average molecular weight is 648 g/mol. The van der Waals surface area contributed by atoms with Crippen molar-refractivity contribution in [3.63, 3.8) is 0 Å². The van der Waals surface area contributed by atoms with Gasteiger partial charge in [-0.1, -0.05) is 176 Å². The Morgan fingerprint density at radius 3 is 1.29 bits per heavy atom. The Hall–Kier alpha value is -6.44. The number of rotatable bonds is 4. The molecule has 1 spiro atoms. The van der Waals surface area contributed by atoms with Crippen LogP contribution in [0.3, 0.4) is 0 Å². The second-order valence-corrected chi connectivity index (χ2v) is 14.0. The average Bonchev–Trinajstić information content (AvgIpc) is 3.79. The topological polar surface area (TPSA) is 12.0 Å². The van der Waals surface area contributed by atoms with Crippen molar-refractivity contribution in [3.05, 3.63) is 239 Å². The number of hydrogen-bond donors (Lipinski definition) is 1. The van der Waals surface area contributed by atoms with Crippen molar-refractivity contribution in [1.82, 2.24) is 0 Å². The van der Waals surface area contributed by atoms with E-state index in [1.165, 1.54) is 77.9 Å². The van der Waals surface area contributed by atoms with Gasteiger partial charge in [-0.15, -0.1) is 0 Å². The van der Waals surface area contributed by atoms with Gasteiger partial charge in [0, 0.05) is 16.9 Å². The summed E-state index contributed by atoms with van der Waals surface area (Å²) in [6, 6.07) is 71.9. The van der Waals surface area contributed by atoms with Crippen LogP contribution in [-0.2, 0) is 10.8 Å². The van der Waals surface area contributed by atoms with Crippen molar-refractivity contribution >= 4 is 11.4 Å².